The highest BCUT2D eigenvalue weighted by atomic mass is 28.2. The van der Waals surface area contributed by atoms with Crippen LogP contribution in [-0.2, 0) is 14.0 Å². The summed E-state index contributed by atoms with van der Waals surface area (Å²) in [4.78, 5) is 11.7. The van der Waals surface area contributed by atoms with Crippen LogP contribution >= 0.6 is 0 Å². The molecule has 0 spiro atoms. The highest BCUT2D eigenvalue weighted by Gasteiger charge is 2.49. The van der Waals surface area contributed by atoms with Gasteiger partial charge in [0.15, 0.2) is 5.60 Å². The Morgan fingerprint density at radius 2 is 2.18 bits per heavy atom. The minimum atomic E-state index is -0.973. The fourth-order valence-corrected chi connectivity index (χ4v) is 2.73. The SMILES string of the molecule is COC(=O)C1CCCC1(C#N)O[Si]C(C)(C)C. The van der Waals surface area contributed by atoms with Crippen molar-refractivity contribution >= 4 is 15.7 Å². The molecule has 94 valence electrons. The average molecular weight is 253 g/mol. The van der Waals surface area contributed by atoms with Gasteiger partial charge in [-0.05, 0) is 24.3 Å². The number of rotatable bonds is 3. The highest BCUT2D eigenvalue weighted by Crippen LogP contribution is 2.40. The van der Waals surface area contributed by atoms with Crippen LogP contribution in [0.3, 0.4) is 0 Å². The number of carbonyl (C=O) groups is 1. The molecule has 1 aliphatic rings. The molecule has 0 aromatic carbocycles. The number of nitrogens with zero attached hydrogens (tertiary/aromatic N) is 1. The Morgan fingerprint density at radius 1 is 1.53 bits per heavy atom. The molecule has 0 saturated heterocycles. The van der Waals surface area contributed by atoms with Crippen LogP contribution in [0, 0.1) is 17.2 Å². The number of nitriles is 1. The van der Waals surface area contributed by atoms with E-state index >= 15 is 0 Å². The van der Waals surface area contributed by atoms with Gasteiger partial charge in [-0.1, -0.05) is 20.8 Å². The topological polar surface area (TPSA) is 59.3 Å². The summed E-state index contributed by atoms with van der Waals surface area (Å²) in [5, 5.41) is 9.36. The zero-order valence-electron chi connectivity index (χ0n) is 10.9. The lowest BCUT2D eigenvalue weighted by atomic mass is 9.92. The molecule has 0 aromatic heterocycles. The summed E-state index contributed by atoms with van der Waals surface area (Å²) in [5.41, 5.74) is -0.973. The summed E-state index contributed by atoms with van der Waals surface area (Å²) < 4.78 is 10.6. The van der Waals surface area contributed by atoms with Crippen molar-refractivity contribution in [2.24, 2.45) is 5.92 Å². The Hall–Kier alpha value is -0.863. The summed E-state index contributed by atoms with van der Waals surface area (Å²) in [6.45, 7) is 6.16. The molecule has 2 radical (unpaired) electrons. The van der Waals surface area contributed by atoms with Crippen LogP contribution in [0.15, 0.2) is 0 Å². The molecular formula is C12H19NO3Si. The van der Waals surface area contributed by atoms with Gasteiger partial charge in [-0.2, -0.15) is 5.26 Å². The summed E-state index contributed by atoms with van der Waals surface area (Å²) in [6.07, 6.45) is 2.13. The zero-order valence-corrected chi connectivity index (χ0v) is 11.9. The lowest BCUT2D eigenvalue weighted by Crippen LogP contribution is -2.42. The van der Waals surface area contributed by atoms with Crippen LogP contribution in [0.1, 0.15) is 40.0 Å². The highest BCUT2D eigenvalue weighted by molar-refractivity contribution is 6.32. The smallest absolute Gasteiger partial charge is 0.312 e. The molecular weight excluding hydrogens is 234 g/mol. The number of esters is 1. The van der Waals surface area contributed by atoms with Gasteiger partial charge in [-0.15, -0.1) is 0 Å². The maximum atomic E-state index is 11.7. The molecule has 1 rings (SSSR count). The second-order valence-electron chi connectivity index (χ2n) is 5.42. The van der Waals surface area contributed by atoms with Crippen LogP contribution in [0.25, 0.3) is 0 Å². The molecule has 5 heteroatoms. The van der Waals surface area contributed by atoms with Crippen LogP contribution < -0.4 is 0 Å². The second kappa shape index (κ2) is 5.19. The van der Waals surface area contributed by atoms with Gasteiger partial charge in [0.1, 0.15) is 0 Å². The standard InChI is InChI=1S/C12H19NO3Si/c1-11(2,3)17-16-12(8-13)7-5-6-9(12)10(14)15-4/h9H,5-7H2,1-4H3. The molecule has 1 saturated carbocycles. The van der Waals surface area contributed by atoms with E-state index in [1.165, 1.54) is 7.11 Å². The molecule has 1 fully saturated rings. The van der Waals surface area contributed by atoms with Gasteiger partial charge >= 0.3 is 5.97 Å². The first-order chi connectivity index (χ1) is 7.84. The Bertz CT molecular complexity index is 332. The maximum Gasteiger partial charge on any atom is 0.312 e. The molecule has 0 aliphatic heterocycles. The number of hydrogen-bond acceptors (Lipinski definition) is 4. The molecule has 2 unspecified atom stereocenters. The first-order valence-electron chi connectivity index (χ1n) is 5.79. The molecule has 0 N–H and O–H groups in total. The first kappa shape index (κ1) is 14.2. The van der Waals surface area contributed by atoms with Crippen LogP contribution in [-0.4, -0.2) is 28.4 Å². The van der Waals surface area contributed by atoms with Gasteiger partial charge in [0.25, 0.3) is 0 Å². The van der Waals surface area contributed by atoms with E-state index in [-0.39, 0.29) is 20.8 Å². The van der Waals surface area contributed by atoms with E-state index in [4.69, 9.17) is 9.16 Å². The van der Waals surface area contributed by atoms with Crippen LogP contribution in [0.2, 0.25) is 5.04 Å². The van der Waals surface area contributed by atoms with Crippen LogP contribution in [0.5, 0.6) is 0 Å². The number of ether oxygens (including phenoxy) is 1. The summed E-state index contributed by atoms with van der Waals surface area (Å²) >= 11 is 0. The minimum absolute atomic E-state index is 0.00705. The van der Waals surface area contributed by atoms with Gasteiger partial charge in [-0.25, -0.2) is 0 Å². The molecule has 2 atom stereocenters. The minimum Gasteiger partial charge on any atom is -0.469 e. The summed E-state index contributed by atoms with van der Waals surface area (Å²) in [6, 6.07) is 2.20. The summed E-state index contributed by atoms with van der Waals surface area (Å²) in [5.74, 6) is -0.768. The van der Waals surface area contributed by atoms with Crippen LogP contribution in [0.4, 0.5) is 0 Å². The van der Waals surface area contributed by atoms with Crippen molar-refractivity contribution in [3.63, 3.8) is 0 Å². The Kier molecular flexibility index (Phi) is 4.34. The van der Waals surface area contributed by atoms with Gasteiger partial charge < -0.3 is 9.16 Å². The van der Waals surface area contributed by atoms with Crippen molar-refractivity contribution < 1.29 is 14.0 Å². The molecule has 0 bridgehead atoms. The molecule has 1 aliphatic carbocycles. The lowest BCUT2D eigenvalue weighted by molar-refractivity contribution is -0.149. The van der Waals surface area contributed by atoms with Crippen molar-refractivity contribution in [1.82, 2.24) is 0 Å². The largest absolute Gasteiger partial charge is 0.469 e. The average Bonchev–Trinajstić information content (AvgIpc) is 2.69. The number of hydrogen-bond donors (Lipinski definition) is 0. The normalized spacial score (nSPS) is 28.8. The van der Waals surface area contributed by atoms with E-state index < -0.39 is 11.5 Å². The van der Waals surface area contributed by atoms with E-state index in [9.17, 15) is 10.1 Å². The molecule has 0 aromatic rings. The monoisotopic (exact) mass is 253 g/mol. The second-order valence-corrected chi connectivity index (χ2v) is 7.33. The van der Waals surface area contributed by atoms with E-state index in [1.54, 1.807) is 0 Å². The van der Waals surface area contributed by atoms with Gasteiger partial charge in [0.2, 0.25) is 9.76 Å². The molecule has 4 nitrogen and oxygen atoms in total. The third-order valence-electron chi connectivity index (χ3n) is 2.82. The molecule has 17 heavy (non-hydrogen) atoms. The van der Waals surface area contributed by atoms with Gasteiger partial charge in [0.05, 0.1) is 19.1 Å². The van der Waals surface area contributed by atoms with Crippen molar-refractivity contribution in [3.05, 3.63) is 0 Å². The Labute approximate surface area is 105 Å². The molecule has 0 heterocycles. The Balaban J connectivity index is 2.80. The zero-order chi connectivity index (χ0) is 13.1. The molecule has 0 amide bonds. The van der Waals surface area contributed by atoms with E-state index in [0.29, 0.717) is 12.8 Å². The van der Waals surface area contributed by atoms with E-state index in [1.807, 2.05) is 0 Å². The first-order valence-corrected chi connectivity index (χ1v) is 6.70. The fraction of sp³-hybridized carbons (Fsp3) is 0.833. The van der Waals surface area contributed by atoms with Gasteiger partial charge in [0, 0.05) is 0 Å². The van der Waals surface area contributed by atoms with E-state index in [0.717, 1.165) is 6.42 Å². The van der Waals surface area contributed by atoms with Crippen molar-refractivity contribution in [1.29, 1.82) is 5.26 Å². The van der Waals surface area contributed by atoms with Gasteiger partial charge in [-0.3, -0.25) is 4.79 Å². The van der Waals surface area contributed by atoms with E-state index in [2.05, 4.69) is 26.8 Å². The predicted molar refractivity (Wildman–Crippen MR) is 64.3 cm³/mol. The third-order valence-corrected chi connectivity index (χ3v) is 3.90. The summed E-state index contributed by atoms with van der Waals surface area (Å²) in [7, 11) is 1.56. The van der Waals surface area contributed by atoms with Crippen molar-refractivity contribution in [2.75, 3.05) is 7.11 Å². The van der Waals surface area contributed by atoms with Crippen molar-refractivity contribution in [2.45, 2.75) is 50.7 Å². The quantitative estimate of drug-likeness (QED) is 0.570. The van der Waals surface area contributed by atoms with Crippen molar-refractivity contribution in [3.8, 4) is 6.07 Å². The predicted octanol–water partition coefficient (Wildman–Crippen LogP) is 2.08. The fourth-order valence-electron chi connectivity index (χ4n) is 1.95. The lowest BCUT2D eigenvalue weighted by Gasteiger charge is -2.30. The maximum absolute atomic E-state index is 11.7. The Morgan fingerprint density at radius 3 is 2.65 bits per heavy atom. The number of carbonyl (C=O) groups excluding carboxylic acids is 1. The number of methoxy groups -OCH3 is 1. The third kappa shape index (κ3) is 3.30.